The maximum atomic E-state index is 12.9. The summed E-state index contributed by atoms with van der Waals surface area (Å²) in [6.45, 7) is 6.76. The lowest BCUT2D eigenvalue weighted by Gasteiger charge is -2.35. The molecule has 0 unspecified atom stereocenters. The summed E-state index contributed by atoms with van der Waals surface area (Å²) >= 11 is 6.10. The second-order valence-corrected chi connectivity index (χ2v) is 8.45. The summed E-state index contributed by atoms with van der Waals surface area (Å²) in [5.74, 6) is 0.227. The van der Waals surface area contributed by atoms with Gasteiger partial charge < -0.3 is 9.64 Å². The number of piperazine rings is 1. The average Bonchev–Trinajstić information content (AvgIpc) is 2.56. The zero-order chi connectivity index (χ0) is 18.1. The first-order valence-corrected chi connectivity index (χ1v) is 9.63. The van der Waals surface area contributed by atoms with Crippen molar-refractivity contribution in [3.8, 4) is 5.75 Å². The number of benzene rings is 1. The van der Waals surface area contributed by atoms with Gasteiger partial charge >= 0.3 is 0 Å². The maximum Gasteiger partial charge on any atom is 0.246 e. The second-order valence-electron chi connectivity index (χ2n) is 6.14. The molecular formula is C16H23ClN2O4S. The van der Waals surface area contributed by atoms with E-state index in [1.54, 1.807) is 17.9 Å². The molecule has 0 saturated carbocycles. The van der Waals surface area contributed by atoms with E-state index in [2.05, 4.69) is 0 Å². The molecule has 1 aromatic rings. The number of hydrogen-bond acceptors (Lipinski definition) is 4. The van der Waals surface area contributed by atoms with E-state index in [4.69, 9.17) is 16.3 Å². The SMILES string of the molecule is COc1cc(C)c(Cl)cc1S(=O)(=O)N1CCN(C(=O)C(C)C)CC1. The fourth-order valence-corrected chi connectivity index (χ4v) is 4.46. The zero-order valence-corrected chi connectivity index (χ0v) is 15.9. The van der Waals surface area contributed by atoms with Gasteiger partial charge in [-0.15, -0.1) is 0 Å². The number of halogens is 1. The van der Waals surface area contributed by atoms with Gasteiger partial charge in [-0.3, -0.25) is 4.79 Å². The van der Waals surface area contributed by atoms with Crippen molar-refractivity contribution in [2.45, 2.75) is 25.7 Å². The van der Waals surface area contributed by atoms with Crippen LogP contribution in [0.25, 0.3) is 0 Å². The van der Waals surface area contributed by atoms with Crippen LogP contribution in [0.15, 0.2) is 17.0 Å². The number of carbonyl (C=O) groups excluding carboxylic acids is 1. The first kappa shape index (κ1) is 19.0. The summed E-state index contributed by atoms with van der Waals surface area (Å²) in [7, 11) is -2.30. The molecule has 0 radical (unpaired) electrons. The van der Waals surface area contributed by atoms with Crippen LogP contribution in [-0.4, -0.2) is 56.8 Å². The van der Waals surface area contributed by atoms with Gasteiger partial charge in [-0.05, 0) is 24.6 Å². The smallest absolute Gasteiger partial charge is 0.246 e. The minimum absolute atomic E-state index is 0.0445. The number of rotatable bonds is 4. The fourth-order valence-electron chi connectivity index (χ4n) is 2.65. The molecule has 0 aromatic heterocycles. The van der Waals surface area contributed by atoms with E-state index in [0.717, 1.165) is 5.56 Å². The molecule has 0 N–H and O–H groups in total. The van der Waals surface area contributed by atoms with Crippen LogP contribution in [0, 0.1) is 12.8 Å². The standard InChI is InChI=1S/C16H23ClN2O4S/c1-11(2)16(20)18-5-7-19(8-6-18)24(21,22)15-10-13(17)12(3)9-14(15)23-4/h9-11H,5-8H2,1-4H3. The average molecular weight is 375 g/mol. The van der Waals surface area contributed by atoms with Crippen LogP contribution in [-0.2, 0) is 14.8 Å². The van der Waals surface area contributed by atoms with Gasteiger partial charge in [0.2, 0.25) is 15.9 Å². The minimum atomic E-state index is -3.73. The molecule has 1 aliphatic heterocycles. The third-order valence-electron chi connectivity index (χ3n) is 4.11. The quantitative estimate of drug-likeness (QED) is 0.809. The molecule has 1 heterocycles. The lowest BCUT2D eigenvalue weighted by Crippen LogP contribution is -2.51. The van der Waals surface area contributed by atoms with Gasteiger partial charge in [-0.1, -0.05) is 25.4 Å². The Morgan fingerprint density at radius 3 is 2.29 bits per heavy atom. The van der Waals surface area contributed by atoms with Gasteiger partial charge in [-0.25, -0.2) is 8.42 Å². The van der Waals surface area contributed by atoms with Crippen LogP contribution < -0.4 is 4.74 Å². The van der Waals surface area contributed by atoms with Crippen molar-refractivity contribution in [2.75, 3.05) is 33.3 Å². The van der Waals surface area contributed by atoms with Crippen LogP contribution in [0.3, 0.4) is 0 Å². The number of hydrogen-bond donors (Lipinski definition) is 0. The fraction of sp³-hybridized carbons (Fsp3) is 0.562. The highest BCUT2D eigenvalue weighted by atomic mass is 35.5. The Balaban J connectivity index is 2.24. The number of amides is 1. The number of ether oxygens (including phenoxy) is 1. The van der Waals surface area contributed by atoms with Crippen molar-refractivity contribution in [1.82, 2.24) is 9.21 Å². The predicted octanol–water partition coefficient (Wildman–Crippen LogP) is 2.15. The van der Waals surface area contributed by atoms with E-state index in [9.17, 15) is 13.2 Å². The van der Waals surface area contributed by atoms with E-state index in [-0.39, 0.29) is 35.6 Å². The molecule has 0 atom stereocenters. The lowest BCUT2D eigenvalue weighted by molar-refractivity contribution is -0.135. The highest BCUT2D eigenvalue weighted by Crippen LogP contribution is 2.32. The Morgan fingerprint density at radius 2 is 1.79 bits per heavy atom. The minimum Gasteiger partial charge on any atom is -0.495 e. The van der Waals surface area contributed by atoms with Crippen molar-refractivity contribution in [3.05, 3.63) is 22.7 Å². The van der Waals surface area contributed by atoms with E-state index in [0.29, 0.717) is 18.1 Å². The molecule has 1 amide bonds. The molecule has 0 bridgehead atoms. The van der Waals surface area contributed by atoms with Crippen molar-refractivity contribution >= 4 is 27.5 Å². The largest absolute Gasteiger partial charge is 0.495 e. The summed E-state index contributed by atoms with van der Waals surface area (Å²) < 4.78 is 32.4. The summed E-state index contributed by atoms with van der Waals surface area (Å²) in [6.07, 6.45) is 0. The molecule has 6 nitrogen and oxygen atoms in total. The number of aryl methyl sites for hydroxylation is 1. The summed E-state index contributed by atoms with van der Waals surface area (Å²) in [6, 6.07) is 3.05. The van der Waals surface area contributed by atoms with Gasteiger partial charge in [0.25, 0.3) is 0 Å². The van der Waals surface area contributed by atoms with Crippen molar-refractivity contribution in [3.63, 3.8) is 0 Å². The van der Waals surface area contributed by atoms with Crippen LogP contribution in [0.2, 0.25) is 5.02 Å². The summed E-state index contributed by atoms with van der Waals surface area (Å²) in [5, 5.41) is 0.378. The van der Waals surface area contributed by atoms with Gasteiger partial charge in [0, 0.05) is 37.1 Å². The van der Waals surface area contributed by atoms with E-state index in [1.807, 2.05) is 13.8 Å². The summed E-state index contributed by atoms with van der Waals surface area (Å²) in [4.78, 5) is 13.8. The van der Waals surface area contributed by atoms with Gasteiger partial charge in [-0.2, -0.15) is 4.31 Å². The monoisotopic (exact) mass is 374 g/mol. The highest BCUT2D eigenvalue weighted by molar-refractivity contribution is 7.89. The predicted molar refractivity (Wildman–Crippen MR) is 92.9 cm³/mol. The van der Waals surface area contributed by atoms with Crippen molar-refractivity contribution < 1.29 is 17.9 Å². The van der Waals surface area contributed by atoms with Gasteiger partial charge in [0.05, 0.1) is 7.11 Å². The Morgan fingerprint density at radius 1 is 1.21 bits per heavy atom. The Bertz CT molecular complexity index is 726. The Labute approximate surface area is 148 Å². The van der Waals surface area contributed by atoms with Gasteiger partial charge in [0.1, 0.15) is 10.6 Å². The third-order valence-corrected chi connectivity index (χ3v) is 6.43. The number of methoxy groups -OCH3 is 1. The molecule has 0 spiro atoms. The normalized spacial score (nSPS) is 16.5. The van der Waals surface area contributed by atoms with Crippen LogP contribution in [0.1, 0.15) is 19.4 Å². The molecule has 2 rings (SSSR count). The van der Waals surface area contributed by atoms with Crippen LogP contribution in [0.4, 0.5) is 0 Å². The zero-order valence-electron chi connectivity index (χ0n) is 14.4. The molecule has 1 saturated heterocycles. The first-order valence-electron chi connectivity index (χ1n) is 7.81. The lowest BCUT2D eigenvalue weighted by atomic mass is 10.2. The third kappa shape index (κ3) is 3.68. The molecule has 1 aliphatic rings. The number of carbonyl (C=O) groups is 1. The van der Waals surface area contributed by atoms with Crippen molar-refractivity contribution in [1.29, 1.82) is 0 Å². The number of nitrogens with zero attached hydrogens (tertiary/aromatic N) is 2. The Kier molecular flexibility index (Phi) is 5.78. The van der Waals surface area contributed by atoms with Crippen LogP contribution in [0.5, 0.6) is 5.75 Å². The molecule has 8 heteroatoms. The molecule has 24 heavy (non-hydrogen) atoms. The van der Waals surface area contributed by atoms with E-state index >= 15 is 0 Å². The maximum absolute atomic E-state index is 12.9. The second kappa shape index (κ2) is 7.29. The first-order chi connectivity index (χ1) is 11.2. The van der Waals surface area contributed by atoms with E-state index < -0.39 is 10.0 Å². The topological polar surface area (TPSA) is 66.9 Å². The highest BCUT2D eigenvalue weighted by Gasteiger charge is 2.33. The molecule has 134 valence electrons. The van der Waals surface area contributed by atoms with Gasteiger partial charge in [0.15, 0.2) is 0 Å². The van der Waals surface area contributed by atoms with E-state index in [1.165, 1.54) is 17.5 Å². The number of sulfonamides is 1. The molecule has 0 aliphatic carbocycles. The summed E-state index contributed by atoms with van der Waals surface area (Å²) in [5.41, 5.74) is 0.750. The van der Waals surface area contributed by atoms with Crippen molar-refractivity contribution in [2.24, 2.45) is 5.92 Å². The van der Waals surface area contributed by atoms with Crippen LogP contribution >= 0.6 is 11.6 Å². The molecular weight excluding hydrogens is 352 g/mol. The molecule has 1 aromatic carbocycles. The Hall–Kier alpha value is -1.31. The molecule has 1 fully saturated rings.